The topological polar surface area (TPSA) is 33.1 Å². The first kappa shape index (κ1) is 8.53. The highest BCUT2D eigenvalue weighted by molar-refractivity contribution is 9.10. The predicted octanol–water partition coefficient (Wildman–Crippen LogP) is 2.47. The summed E-state index contributed by atoms with van der Waals surface area (Å²) in [4.78, 5) is 4.14. The number of pyridine rings is 1. The van der Waals surface area contributed by atoms with Gasteiger partial charge in [0.25, 0.3) is 0 Å². The van der Waals surface area contributed by atoms with Crippen LogP contribution in [0.2, 0.25) is 0 Å². The smallest absolute Gasteiger partial charge is 0.140 e. The number of halogens is 1. The minimum absolute atomic E-state index is 0.280. The molecule has 11 heavy (non-hydrogen) atoms. The standard InChI is InChI=1S/C8H10BrNO/c1-4-7(9)5(2)10-6(3)8(4)11/h11H,1-3H3. The SMILES string of the molecule is Cc1nc(C)c(Br)c(C)c1O. The van der Waals surface area contributed by atoms with E-state index in [1.165, 1.54) is 0 Å². The van der Waals surface area contributed by atoms with Crippen molar-refractivity contribution in [1.82, 2.24) is 4.98 Å². The van der Waals surface area contributed by atoms with Crippen LogP contribution in [-0.4, -0.2) is 10.1 Å². The summed E-state index contributed by atoms with van der Waals surface area (Å²) in [6.07, 6.45) is 0. The van der Waals surface area contributed by atoms with Crippen molar-refractivity contribution in [3.05, 3.63) is 21.4 Å². The van der Waals surface area contributed by atoms with Crippen LogP contribution in [0, 0.1) is 20.8 Å². The zero-order valence-corrected chi connectivity index (χ0v) is 8.36. The molecule has 0 unspecified atom stereocenters. The normalized spacial score (nSPS) is 10.2. The number of nitrogens with zero attached hydrogens (tertiary/aromatic N) is 1. The Labute approximate surface area is 74.4 Å². The van der Waals surface area contributed by atoms with Crippen molar-refractivity contribution in [2.24, 2.45) is 0 Å². The maximum absolute atomic E-state index is 9.42. The Kier molecular flexibility index (Phi) is 2.18. The molecule has 1 rings (SSSR count). The molecular weight excluding hydrogens is 206 g/mol. The number of aryl methyl sites for hydroxylation is 2. The minimum atomic E-state index is 0.280. The molecule has 1 aromatic heterocycles. The van der Waals surface area contributed by atoms with Crippen molar-refractivity contribution in [3.63, 3.8) is 0 Å². The van der Waals surface area contributed by atoms with Crippen LogP contribution in [0.15, 0.2) is 4.47 Å². The van der Waals surface area contributed by atoms with E-state index in [-0.39, 0.29) is 5.75 Å². The van der Waals surface area contributed by atoms with Gasteiger partial charge in [0, 0.05) is 10.0 Å². The van der Waals surface area contributed by atoms with Gasteiger partial charge in [0.2, 0.25) is 0 Å². The number of aromatic hydroxyl groups is 1. The van der Waals surface area contributed by atoms with E-state index in [9.17, 15) is 5.11 Å². The molecule has 0 aliphatic carbocycles. The largest absolute Gasteiger partial charge is 0.506 e. The molecule has 3 heteroatoms. The van der Waals surface area contributed by atoms with Crippen LogP contribution in [0.4, 0.5) is 0 Å². The summed E-state index contributed by atoms with van der Waals surface area (Å²) in [6.45, 7) is 5.56. The highest BCUT2D eigenvalue weighted by atomic mass is 79.9. The van der Waals surface area contributed by atoms with Crippen molar-refractivity contribution in [2.75, 3.05) is 0 Å². The molecule has 0 saturated heterocycles. The van der Waals surface area contributed by atoms with Crippen LogP contribution >= 0.6 is 15.9 Å². The molecule has 0 atom stereocenters. The molecule has 2 nitrogen and oxygen atoms in total. The van der Waals surface area contributed by atoms with Crippen molar-refractivity contribution in [2.45, 2.75) is 20.8 Å². The lowest BCUT2D eigenvalue weighted by Gasteiger charge is -2.06. The first-order valence-electron chi connectivity index (χ1n) is 3.36. The second-order valence-corrected chi connectivity index (χ2v) is 3.36. The molecule has 1 heterocycles. The number of hydrogen-bond acceptors (Lipinski definition) is 2. The third kappa shape index (κ3) is 1.38. The van der Waals surface area contributed by atoms with Gasteiger partial charge in [0.15, 0.2) is 0 Å². The average molecular weight is 216 g/mol. The third-order valence-corrected chi connectivity index (χ3v) is 2.85. The first-order valence-corrected chi connectivity index (χ1v) is 4.15. The van der Waals surface area contributed by atoms with Crippen LogP contribution in [-0.2, 0) is 0 Å². The second-order valence-electron chi connectivity index (χ2n) is 2.57. The van der Waals surface area contributed by atoms with E-state index in [1.54, 1.807) is 6.92 Å². The zero-order chi connectivity index (χ0) is 8.59. The van der Waals surface area contributed by atoms with Gasteiger partial charge in [-0.3, -0.25) is 4.98 Å². The molecule has 60 valence electrons. The number of hydrogen-bond donors (Lipinski definition) is 1. The molecule has 0 aromatic carbocycles. The first-order chi connectivity index (χ1) is 5.04. The molecule has 0 saturated carbocycles. The molecule has 0 spiro atoms. The molecule has 0 radical (unpaired) electrons. The lowest BCUT2D eigenvalue weighted by Crippen LogP contribution is -1.91. The summed E-state index contributed by atoms with van der Waals surface area (Å²) in [6, 6.07) is 0. The summed E-state index contributed by atoms with van der Waals surface area (Å²) < 4.78 is 0.889. The summed E-state index contributed by atoms with van der Waals surface area (Å²) in [7, 11) is 0. The van der Waals surface area contributed by atoms with Gasteiger partial charge in [-0.1, -0.05) is 0 Å². The van der Waals surface area contributed by atoms with Crippen LogP contribution in [0.1, 0.15) is 17.0 Å². The Morgan fingerprint density at radius 3 is 2.27 bits per heavy atom. The molecule has 0 amide bonds. The maximum Gasteiger partial charge on any atom is 0.140 e. The van der Waals surface area contributed by atoms with Gasteiger partial charge >= 0.3 is 0 Å². The van der Waals surface area contributed by atoms with E-state index in [0.717, 1.165) is 15.7 Å². The van der Waals surface area contributed by atoms with E-state index < -0.39 is 0 Å². The highest BCUT2D eigenvalue weighted by Gasteiger charge is 2.07. The second kappa shape index (κ2) is 2.81. The third-order valence-electron chi connectivity index (χ3n) is 1.68. The quantitative estimate of drug-likeness (QED) is 0.722. The fourth-order valence-electron chi connectivity index (χ4n) is 1.00. The van der Waals surface area contributed by atoms with E-state index in [1.807, 2.05) is 13.8 Å². The van der Waals surface area contributed by atoms with Gasteiger partial charge in [-0.25, -0.2) is 0 Å². The lowest BCUT2D eigenvalue weighted by molar-refractivity contribution is 0.462. The Morgan fingerprint density at radius 2 is 1.73 bits per heavy atom. The molecule has 0 bridgehead atoms. The zero-order valence-electron chi connectivity index (χ0n) is 6.77. The maximum atomic E-state index is 9.42. The van der Waals surface area contributed by atoms with Crippen LogP contribution in [0.25, 0.3) is 0 Å². The Balaban J connectivity index is 3.46. The molecule has 0 aliphatic rings. The number of aromatic nitrogens is 1. The molecule has 0 aliphatic heterocycles. The van der Waals surface area contributed by atoms with Crippen molar-refractivity contribution >= 4 is 15.9 Å². The van der Waals surface area contributed by atoms with Gasteiger partial charge in [-0.15, -0.1) is 0 Å². The van der Waals surface area contributed by atoms with Gasteiger partial charge < -0.3 is 5.11 Å². The molecule has 1 aromatic rings. The Bertz CT molecular complexity index is 270. The lowest BCUT2D eigenvalue weighted by atomic mass is 10.2. The van der Waals surface area contributed by atoms with Gasteiger partial charge in [-0.05, 0) is 36.7 Å². The van der Waals surface area contributed by atoms with Gasteiger partial charge in [-0.2, -0.15) is 0 Å². The average Bonchev–Trinajstić information content (AvgIpc) is 1.97. The minimum Gasteiger partial charge on any atom is -0.506 e. The summed E-state index contributed by atoms with van der Waals surface area (Å²) >= 11 is 3.34. The fraction of sp³-hybridized carbons (Fsp3) is 0.375. The highest BCUT2D eigenvalue weighted by Crippen LogP contribution is 2.28. The van der Waals surface area contributed by atoms with E-state index in [2.05, 4.69) is 20.9 Å². The predicted molar refractivity (Wildman–Crippen MR) is 47.8 cm³/mol. The van der Waals surface area contributed by atoms with Gasteiger partial charge in [0.05, 0.1) is 11.4 Å². The summed E-state index contributed by atoms with van der Waals surface area (Å²) in [5.41, 5.74) is 2.45. The number of rotatable bonds is 0. The van der Waals surface area contributed by atoms with E-state index in [4.69, 9.17) is 0 Å². The van der Waals surface area contributed by atoms with Crippen LogP contribution in [0.3, 0.4) is 0 Å². The summed E-state index contributed by atoms with van der Waals surface area (Å²) in [5.74, 6) is 0.280. The van der Waals surface area contributed by atoms with E-state index >= 15 is 0 Å². The summed E-state index contributed by atoms with van der Waals surface area (Å²) in [5, 5.41) is 9.42. The van der Waals surface area contributed by atoms with Crippen LogP contribution in [0.5, 0.6) is 5.75 Å². The fourth-order valence-corrected chi connectivity index (χ4v) is 1.28. The monoisotopic (exact) mass is 215 g/mol. The Hall–Kier alpha value is -0.570. The molecular formula is C8H10BrNO. The molecule has 1 N–H and O–H groups in total. The van der Waals surface area contributed by atoms with Gasteiger partial charge in [0.1, 0.15) is 5.75 Å². The van der Waals surface area contributed by atoms with E-state index in [0.29, 0.717) is 5.69 Å². The Morgan fingerprint density at radius 1 is 1.18 bits per heavy atom. The van der Waals surface area contributed by atoms with Crippen molar-refractivity contribution < 1.29 is 5.11 Å². The van der Waals surface area contributed by atoms with Crippen LogP contribution < -0.4 is 0 Å². The van der Waals surface area contributed by atoms with Crippen molar-refractivity contribution in [1.29, 1.82) is 0 Å². The molecule has 0 fully saturated rings. The van der Waals surface area contributed by atoms with Crippen molar-refractivity contribution in [3.8, 4) is 5.75 Å².